The molecule has 1 atom stereocenters. The molecule has 3 amide bonds. The van der Waals surface area contributed by atoms with E-state index in [1.807, 2.05) is 26.0 Å². The van der Waals surface area contributed by atoms with Crippen molar-refractivity contribution in [1.82, 2.24) is 20.5 Å². The number of carbonyl (C=O) groups is 3. The second kappa shape index (κ2) is 11.4. The number of nitrogens with zero attached hydrogens (tertiary/aromatic N) is 2. The third-order valence-electron chi connectivity index (χ3n) is 5.94. The molecule has 0 radical (unpaired) electrons. The number of aromatic nitrogens is 1. The summed E-state index contributed by atoms with van der Waals surface area (Å²) in [5, 5.41) is 5.84. The first-order valence-electron chi connectivity index (χ1n) is 11.3. The SMILES string of the molecule is COc1ccccc1C(=O)NC(C(=O)N1CCC(C(=O)NCc2cccnc2)CC1)C(C)C. The average molecular weight is 453 g/mol. The number of likely N-dealkylation sites (tertiary alicyclic amines) is 1. The van der Waals surface area contributed by atoms with Crippen LogP contribution in [0.2, 0.25) is 0 Å². The first-order chi connectivity index (χ1) is 15.9. The Morgan fingerprint density at radius 2 is 1.85 bits per heavy atom. The molecule has 8 heteroatoms. The number of rotatable bonds is 8. The quantitative estimate of drug-likeness (QED) is 0.641. The fraction of sp³-hybridized carbons (Fsp3) is 0.440. The van der Waals surface area contributed by atoms with Crippen LogP contribution in [0.5, 0.6) is 5.75 Å². The van der Waals surface area contributed by atoms with Crippen LogP contribution in [0.4, 0.5) is 0 Å². The summed E-state index contributed by atoms with van der Waals surface area (Å²) >= 11 is 0. The molecule has 8 nitrogen and oxygen atoms in total. The van der Waals surface area contributed by atoms with Crippen LogP contribution in [0.1, 0.15) is 42.6 Å². The highest BCUT2D eigenvalue weighted by Gasteiger charge is 2.33. The molecule has 1 unspecified atom stereocenters. The van der Waals surface area contributed by atoms with E-state index in [-0.39, 0.29) is 29.6 Å². The lowest BCUT2D eigenvalue weighted by atomic mass is 9.94. The van der Waals surface area contributed by atoms with E-state index < -0.39 is 6.04 Å². The number of benzene rings is 1. The Bertz CT molecular complexity index is 956. The second-order valence-corrected chi connectivity index (χ2v) is 8.57. The van der Waals surface area contributed by atoms with E-state index in [2.05, 4.69) is 15.6 Å². The summed E-state index contributed by atoms with van der Waals surface area (Å²) in [6, 6.07) is 10.0. The summed E-state index contributed by atoms with van der Waals surface area (Å²) < 4.78 is 5.27. The van der Waals surface area contributed by atoms with Gasteiger partial charge in [0.05, 0.1) is 12.7 Å². The Balaban J connectivity index is 1.55. The summed E-state index contributed by atoms with van der Waals surface area (Å²) in [7, 11) is 1.51. The average Bonchev–Trinajstić information content (AvgIpc) is 2.85. The van der Waals surface area contributed by atoms with Crippen molar-refractivity contribution in [3.05, 3.63) is 59.9 Å². The van der Waals surface area contributed by atoms with E-state index >= 15 is 0 Å². The van der Waals surface area contributed by atoms with Gasteiger partial charge < -0.3 is 20.3 Å². The Morgan fingerprint density at radius 1 is 1.12 bits per heavy atom. The Labute approximate surface area is 194 Å². The molecular formula is C25H32N4O4. The van der Waals surface area contributed by atoms with Gasteiger partial charge in [0.1, 0.15) is 11.8 Å². The van der Waals surface area contributed by atoms with E-state index in [1.165, 1.54) is 7.11 Å². The highest BCUT2D eigenvalue weighted by molar-refractivity contribution is 5.99. The highest BCUT2D eigenvalue weighted by Crippen LogP contribution is 2.21. The highest BCUT2D eigenvalue weighted by atomic mass is 16.5. The van der Waals surface area contributed by atoms with Crippen molar-refractivity contribution in [2.24, 2.45) is 11.8 Å². The zero-order chi connectivity index (χ0) is 23.8. The molecule has 3 rings (SSSR count). The van der Waals surface area contributed by atoms with Gasteiger partial charge in [0.2, 0.25) is 11.8 Å². The van der Waals surface area contributed by atoms with Crippen LogP contribution < -0.4 is 15.4 Å². The number of pyridine rings is 1. The molecule has 0 aliphatic carbocycles. The van der Waals surface area contributed by atoms with Gasteiger partial charge >= 0.3 is 0 Å². The summed E-state index contributed by atoms with van der Waals surface area (Å²) in [5.41, 5.74) is 1.34. The maximum absolute atomic E-state index is 13.2. The predicted octanol–water partition coefficient (Wildman–Crippen LogP) is 2.40. The molecule has 33 heavy (non-hydrogen) atoms. The van der Waals surface area contributed by atoms with E-state index in [0.29, 0.717) is 43.8 Å². The van der Waals surface area contributed by atoms with Gasteiger partial charge in [-0.3, -0.25) is 19.4 Å². The van der Waals surface area contributed by atoms with Gasteiger partial charge in [-0.1, -0.05) is 32.0 Å². The summed E-state index contributed by atoms with van der Waals surface area (Å²) in [6.45, 7) is 5.22. The number of ether oxygens (including phenoxy) is 1. The van der Waals surface area contributed by atoms with Crippen molar-refractivity contribution in [2.45, 2.75) is 39.3 Å². The van der Waals surface area contributed by atoms with Crippen LogP contribution in [0, 0.1) is 11.8 Å². The Morgan fingerprint density at radius 3 is 2.48 bits per heavy atom. The van der Waals surface area contributed by atoms with Crippen molar-refractivity contribution in [3.8, 4) is 5.75 Å². The molecule has 1 aromatic carbocycles. The zero-order valence-corrected chi connectivity index (χ0v) is 19.4. The lowest BCUT2D eigenvalue weighted by molar-refractivity contribution is -0.138. The topological polar surface area (TPSA) is 101 Å². The molecule has 1 saturated heterocycles. The van der Waals surface area contributed by atoms with Crippen molar-refractivity contribution in [3.63, 3.8) is 0 Å². The van der Waals surface area contributed by atoms with Gasteiger partial charge in [-0.25, -0.2) is 0 Å². The maximum Gasteiger partial charge on any atom is 0.255 e. The Kier molecular flexibility index (Phi) is 8.40. The predicted molar refractivity (Wildman–Crippen MR) is 124 cm³/mol. The van der Waals surface area contributed by atoms with Crippen molar-refractivity contribution < 1.29 is 19.1 Å². The first-order valence-corrected chi connectivity index (χ1v) is 11.3. The molecular weight excluding hydrogens is 420 g/mol. The monoisotopic (exact) mass is 452 g/mol. The molecule has 2 N–H and O–H groups in total. The van der Waals surface area contributed by atoms with Crippen molar-refractivity contribution >= 4 is 17.7 Å². The minimum absolute atomic E-state index is 0.00385. The summed E-state index contributed by atoms with van der Waals surface area (Å²) in [6.07, 6.45) is 4.61. The van der Waals surface area contributed by atoms with Gasteiger partial charge in [-0.2, -0.15) is 0 Å². The minimum Gasteiger partial charge on any atom is -0.496 e. The van der Waals surface area contributed by atoms with Gasteiger partial charge in [0, 0.05) is 37.9 Å². The molecule has 2 aromatic rings. The molecule has 1 aromatic heterocycles. The van der Waals surface area contributed by atoms with E-state index in [9.17, 15) is 14.4 Å². The molecule has 1 aliphatic heterocycles. The number of piperidine rings is 1. The number of methoxy groups -OCH3 is 1. The molecule has 0 saturated carbocycles. The van der Waals surface area contributed by atoms with Crippen LogP contribution in [0.25, 0.3) is 0 Å². The number of hydrogen-bond acceptors (Lipinski definition) is 5. The van der Waals surface area contributed by atoms with Crippen molar-refractivity contribution in [2.75, 3.05) is 20.2 Å². The van der Waals surface area contributed by atoms with Crippen LogP contribution in [-0.4, -0.2) is 53.8 Å². The summed E-state index contributed by atoms with van der Waals surface area (Å²) in [5.74, 6) is -0.228. The normalized spacial score (nSPS) is 15.1. The maximum atomic E-state index is 13.2. The lowest BCUT2D eigenvalue weighted by Crippen LogP contribution is -2.53. The zero-order valence-electron chi connectivity index (χ0n) is 19.4. The standard InChI is InChI=1S/C25H32N4O4/c1-17(2)22(28-24(31)20-8-4-5-9-21(20)33-3)25(32)29-13-10-19(11-14-29)23(30)27-16-18-7-6-12-26-15-18/h4-9,12,15,17,19,22H,10-11,13-14,16H2,1-3H3,(H,27,30)(H,28,31). The largest absolute Gasteiger partial charge is 0.496 e. The fourth-order valence-corrected chi connectivity index (χ4v) is 3.96. The lowest BCUT2D eigenvalue weighted by Gasteiger charge is -2.35. The molecule has 0 spiro atoms. The molecule has 0 bridgehead atoms. The van der Waals surface area contributed by atoms with Crippen LogP contribution in [0.15, 0.2) is 48.8 Å². The second-order valence-electron chi connectivity index (χ2n) is 8.57. The van der Waals surface area contributed by atoms with E-state index in [1.54, 1.807) is 41.6 Å². The number of hydrogen-bond donors (Lipinski definition) is 2. The third kappa shape index (κ3) is 6.31. The smallest absolute Gasteiger partial charge is 0.255 e. The molecule has 1 fully saturated rings. The van der Waals surface area contributed by atoms with Crippen LogP contribution in [-0.2, 0) is 16.1 Å². The number of nitrogens with one attached hydrogen (secondary N) is 2. The van der Waals surface area contributed by atoms with Gasteiger partial charge in [-0.05, 0) is 42.5 Å². The van der Waals surface area contributed by atoms with Gasteiger partial charge in [-0.15, -0.1) is 0 Å². The molecule has 176 valence electrons. The van der Waals surface area contributed by atoms with Crippen LogP contribution >= 0.6 is 0 Å². The number of amides is 3. The van der Waals surface area contributed by atoms with Crippen LogP contribution in [0.3, 0.4) is 0 Å². The minimum atomic E-state index is -0.654. The summed E-state index contributed by atoms with van der Waals surface area (Å²) in [4.78, 5) is 44.4. The fourth-order valence-electron chi connectivity index (χ4n) is 3.96. The number of para-hydroxylation sites is 1. The van der Waals surface area contributed by atoms with Gasteiger partial charge in [0.15, 0.2) is 0 Å². The van der Waals surface area contributed by atoms with Crippen molar-refractivity contribution in [1.29, 1.82) is 0 Å². The Hall–Kier alpha value is -3.42. The first kappa shape index (κ1) is 24.2. The van der Waals surface area contributed by atoms with E-state index in [4.69, 9.17) is 4.74 Å². The number of carbonyl (C=O) groups excluding carboxylic acids is 3. The molecule has 2 heterocycles. The van der Waals surface area contributed by atoms with Gasteiger partial charge in [0.25, 0.3) is 5.91 Å². The molecule has 1 aliphatic rings. The third-order valence-corrected chi connectivity index (χ3v) is 5.94. The van der Waals surface area contributed by atoms with E-state index in [0.717, 1.165) is 5.56 Å².